The maximum absolute atomic E-state index is 9.83. The lowest BCUT2D eigenvalue weighted by atomic mass is 10.2. The summed E-state index contributed by atoms with van der Waals surface area (Å²) in [6.45, 7) is 19.1. The molecule has 0 fully saturated rings. The molecule has 0 radical (unpaired) electrons. The lowest BCUT2D eigenvalue weighted by molar-refractivity contribution is -0.133. The third-order valence-corrected chi connectivity index (χ3v) is 1.63. The van der Waals surface area contributed by atoms with Gasteiger partial charge in [-0.2, -0.15) is 0 Å². The smallest absolute Gasteiger partial charge is 0.330 e. The van der Waals surface area contributed by atoms with E-state index in [1.165, 1.54) is 13.8 Å². The van der Waals surface area contributed by atoms with Crippen LogP contribution >= 0.6 is 11.6 Å². The van der Waals surface area contributed by atoms with E-state index in [0.29, 0.717) is 6.42 Å². The Hall–Kier alpha value is -2.95. The van der Waals surface area contributed by atoms with Gasteiger partial charge >= 0.3 is 23.9 Å². The summed E-state index contributed by atoms with van der Waals surface area (Å²) < 4.78 is 0. The van der Waals surface area contributed by atoms with Crippen LogP contribution in [-0.4, -0.2) is 102 Å². The molecule has 0 rings (SSSR count). The summed E-state index contributed by atoms with van der Waals surface area (Å²) in [6.07, 6.45) is 1.36. The molecule has 4 N–H and O–H groups in total. The van der Waals surface area contributed by atoms with Gasteiger partial charge in [-0.15, -0.1) is 11.6 Å². The SMILES string of the molecule is C=C(C)C(=O)O.C=C(C)C(=O)O.C=C(CC)C(=O)O.C=CC(=O)O.CCCl.CN(C)C.CN(C)C. The molecule has 0 aliphatic heterocycles. The van der Waals surface area contributed by atoms with Gasteiger partial charge in [0.25, 0.3) is 0 Å². The molecular formula is C24H47ClN2O8. The van der Waals surface area contributed by atoms with E-state index in [-0.39, 0.29) is 16.7 Å². The molecule has 208 valence electrons. The highest BCUT2D eigenvalue weighted by atomic mass is 35.5. The molecule has 0 spiro atoms. The van der Waals surface area contributed by atoms with Crippen molar-refractivity contribution in [1.82, 2.24) is 9.80 Å². The first-order valence-electron chi connectivity index (χ1n) is 9.94. The van der Waals surface area contributed by atoms with Crippen LogP contribution in [0.5, 0.6) is 0 Å². The molecule has 0 amide bonds. The molecule has 0 unspecified atom stereocenters. The summed E-state index contributed by atoms with van der Waals surface area (Å²) in [7, 11) is 12.0. The normalized spacial score (nSPS) is 7.69. The van der Waals surface area contributed by atoms with Crippen LogP contribution in [0.3, 0.4) is 0 Å². The van der Waals surface area contributed by atoms with Crippen LogP contribution in [-0.2, 0) is 19.2 Å². The second kappa shape index (κ2) is 38.3. The number of aliphatic carboxylic acids is 4. The van der Waals surface area contributed by atoms with Crippen LogP contribution in [0.1, 0.15) is 34.1 Å². The third kappa shape index (κ3) is 154. The zero-order chi connectivity index (χ0) is 30.3. The van der Waals surface area contributed by atoms with Gasteiger partial charge in [0, 0.05) is 28.7 Å². The first kappa shape index (κ1) is 49.2. The van der Waals surface area contributed by atoms with Gasteiger partial charge in [-0.1, -0.05) is 40.2 Å². The van der Waals surface area contributed by atoms with Crippen molar-refractivity contribution < 1.29 is 39.6 Å². The van der Waals surface area contributed by atoms with E-state index in [1.807, 2.05) is 59.0 Å². The van der Waals surface area contributed by atoms with Crippen LogP contribution in [0.25, 0.3) is 0 Å². The van der Waals surface area contributed by atoms with E-state index >= 15 is 0 Å². The fraction of sp³-hybridized carbons (Fsp3) is 0.500. The van der Waals surface area contributed by atoms with E-state index in [1.54, 1.807) is 6.92 Å². The van der Waals surface area contributed by atoms with Crippen LogP contribution in [0.4, 0.5) is 0 Å². The zero-order valence-electron chi connectivity index (χ0n) is 23.0. The Morgan fingerprint density at radius 3 is 0.857 bits per heavy atom. The first-order valence-corrected chi connectivity index (χ1v) is 10.5. The summed E-state index contributed by atoms with van der Waals surface area (Å²) in [5.74, 6) is -3.03. The Morgan fingerprint density at radius 2 is 0.857 bits per heavy atom. The van der Waals surface area contributed by atoms with Gasteiger partial charge in [0.1, 0.15) is 0 Å². The lowest BCUT2D eigenvalue weighted by Gasteiger charge is -1.90. The lowest BCUT2D eigenvalue weighted by Crippen LogP contribution is -1.99. The molecule has 35 heavy (non-hydrogen) atoms. The maximum Gasteiger partial charge on any atom is 0.330 e. The van der Waals surface area contributed by atoms with Crippen molar-refractivity contribution in [3.8, 4) is 0 Å². The Balaban J connectivity index is -0.0000000531. The van der Waals surface area contributed by atoms with Gasteiger partial charge in [0.2, 0.25) is 0 Å². The molecule has 10 nitrogen and oxygen atoms in total. The fourth-order valence-corrected chi connectivity index (χ4v) is 0.151. The summed E-state index contributed by atoms with van der Waals surface area (Å²) in [5.41, 5.74) is 0.616. The highest BCUT2D eigenvalue weighted by molar-refractivity contribution is 6.17. The number of alkyl halides is 1. The monoisotopic (exact) mass is 526 g/mol. The second-order valence-electron chi connectivity index (χ2n) is 6.93. The number of carboxylic acids is 4. The molecule has 0 aromatic rings. The molecule has 0 saturated heterocycles. The number of rotatable bonds is 5. The van der Waals surface area contributed by atoms with Crippen LogP contribution in [0, 0.1) is 0 Å². The van der Waals surface area contributed by atoms with Crippen molar-refractivity contribution in [2.75, 3.05) is 48.2 Å². The minimum Gasteiger partial charge on any atom is -0.478 e. The predicted molar refractivity (Wildman–Crippen MR) is 145 cm³/mol. The average Bonchev–Trinajstić information content (AvgIpc) is 2.68. The highest BCUT2D eigenvalue weighted by Gasteiger charge is 1.96. The van der Waals surface area contributed by atoms with Gasteiger partial charge in [-0.3, -0.25) is 0 Å². The molecule has 0 aromatic heterocycles. The minimum absolute atomic E-state index is 0.176. The molecular weight excluding hydrogens is 480 g/mol. The second-order valence-corrected chi connectivity index (χ2v) is 7.46. The van der Waals surface area contributed by atoms with Crippen molar-refractivity contribution in [3.05, 3.63) is 49.1 Å². The summed E-state index contributed by atoms with van der Waals surface area (Å²) >= 11 is 5.00. The van der Waals surface area contributed by atoms with Gasteiger partial charge in [-0.05, 0) is 62.6 Å². The Morgan fingerprint density at radius 1 is 0.714 bits per heavy atom. The maximum atomic E-state index is 9.83. The number of hydrogen-bond acceptors (Lipinski definition) is 6. The Labute approximate surface area is 216 Å². The topological polar surface area (TPSA) is 156 Å². The van der Waals surface area contributed by atoms with Gasteiger partial charge < -0.3 is 30.2 Å². The largest absolute Gasteiger partial charge is 0.478 e. The van der Waals surface area contributed by atoms with E-state index < -0.39 is 23.9 Å². The quantitative estimate of drug-likeness (QED) is 0.302. The van der Waals surface area contributed by atoms with E-state index in [9.17, 15) is 19.2 Å². The zero-order valence-corrected chi connectivity index (χ0v) is 23.8. The number of carbonyl (C=O) groups is 4. The number of halogens is 1. The van der Waals surface area contributed by atoms with Crippen molar-refractivity contribution in [3.63, 3.8) is 0 Å². The highest BCUT2D eigenvalue weighted by Crippen LogP contribution is 1.93. The minimum atomic E-state index is -0.981. The van der Waals surface area contributed by atoms with Crippen LogP contribution in [0.2, 0.25) is 0 Å². The van der Waals surface area contributed by atoms with E-state index in [4.69, 9.17) is 32.0 Å². The van der Waals surface area contributed by atoms with Crippen LogP contribution in [0.15, 0.2) is 49.1 Å². The van der Waals surface area contributed by atoms with E-state index in [2.05, 4.69) is 26.3 Å². The number of carboxylic acid groups (broad SMARTS) is 4. The third-order valence-electron chi connectivity index (χ3n) is 1.63. The molecule has 0 heterocycles. The van der Waals surface area contributed by atoms with Crippen molar-refractivity contribution in [2.24, 2.45) is 0 Å². The van der Waals surface area contributed by atoms with Crippen LogP contribution < -0.4 is 0 Å². The Bertz CT molecular complexity index is 557. The van der Waals surface area contributed by atoms with Crippen molar-refractivity contribution in [2.45, 2.75) is 34.1 Å². The molecule has 0 aromatic carbocycles. The molecule has 11 heteroatoms. The molecule has 0 saturated carbocycles. The van der Waals surface area contributed by atoms with Gasteiger partial charge in [-0.25, -0.2) is 19.2 Å². The van der Waals surface area contributed by atoms with Crippen molar-refractivity contribution in [1.29, 1.82) is 0 Å². The molecule has 0 aliphatic carbocycles. The molecule has 0 bridgehead atoms. The summed E-state index contributed by atoms with van der Waals surface area (Å²) in [5, 5.41) is 31.5. The summed E-state index contributed by atoms with van der Waals surface area (Å²) in [4.78, 5) is 42.3. The standard InChI is InChI=1S/C5H8O2.2C4H6O2.2C3H9N.C3H4O2.C2H5Cl/c1-3-4(2)5(6)7;2*1-3(2)4(5)6;2*1-4(2)3;1-2-3(4)5;1-2-3/h2-3H2,1H3,(H,6,7);2*1H2,2H3,(H,5,6);2*1-3H3;2H,1H2,(H,4,5);2H2,1H3. The number of hydrogen-bond donors (Lipinski definition) is 4. The molecule has 0 aliphatic rings. The van der Waals surface area contributed by atoms with E-state index in [0.717, 1.165) is 12.0 Å². The molecule has 0 atom stereocenters. The van der Waals surface area contributed by atoms with Gasteiger partial charge in [0.05, 0.1) is 0 Å². The van der Waals surface area contributed by atoms with Crippen molar-refractivity contribution >= 4 is 35.5 Å². The number of nitrogens with zero attached hydrogens (tertiary/aromatic N) is 2. The predicted octanol–water partition coefficient (Wildman–Crippen LogP) is 4.19. The van der Waals surface area contributed by atoms with Gasteiger partial charge in [0.15, 0.2) is 0 Å². The first-order chi connectivity index (χ1) is 15.6. The fourth-order valence-electron chi connectivity index (χ4n) is 0.151. The Kier molecular flexibility index (Phi) is 53.9. The average molecular weight is 527 g/mol. The summed E-state index contributed by atoms with van der Waals surface area (Å²) in [6, 6.07) is 0.